The predicted molar refractivity (Wildman–Crippen MR) is 83.8 cm³/mol. The minimum Gasteiger partial charge on any atom is -0.271 e. The van der Waals surface area contributed by atoms with Crippen LogP contribution in [-0.4, -0.2) is 0 Å². The van der Waals surface area contributed by atoms with Gasteiger partial charge >= 0.3 is 0 Å². The Balaban J connectivity index is 2.43. The lowest BCUT2D eigenvalue weighted by molar-refractivity contribution is 0.453. The van der Waals surface area contributed by atoms with Crippen molar-refractivity contribution < 1.29 is 8.78 Å². The number of hydrogen-bond acceptors (Lipinski definition) is 2. The van der Waals surface area contributed by atoms with Crippen LogP contribution in [0.5, 0.6) is 0 Å². The zero-order chi connectivity index (χ0) is 15.7. The number of halogens is 2. The average molecular weight is 298 g/mol. The monoisotopic (exact) mass is 298 g/mol. The zero-order valence-electron chi connectivity index (χ0n) is 13.2. The molecule has 0 spiro atoms. The van der Waals surface area contributed by atoms with Crippen LogP contribution in [0.2, 0.25) is 0 Å². The molecule has 3 N–H and O–H groups in total. The Hall–Kier alpha value is -1.00. The summed E-state index contributed by atoms with van der Waals surface area (Å²) in [6, 6.07) is 2.25. The Morgan fingerprint density at radius 3 is 2.24 bits per heavy atom. The van der Waals surface area contributed by atoms with Gasteiger partial charge < -0.3 is 0 Å². The largest absolute Gasteiger partial charge is 0.271 e. The third-order valence-corrected chi connectivity index (χ3v) is 3.95. The number of rotatable bonds is 10. The third kappa shape index (κ3) is 6.10. The van der Waals surface area contributed by atoms with E-state index in [2.05, 4.69) is 12.3 Å². The molecule has 1 unspecified atom stereocenters. The normalized spacial score (nSPS) is 12.6. The average Bonchev–Trinajstić information content (AvgIpc) is 2.46. The number of unbranched alkanes of at least 4 members (excludes halogenated alkanes) is 6. The summed E-state index contributed by atoms with van der Waals surface area (Å²) in [5, 5.41) is 0. The highest BCUT2D eigenvalue weighted by Crippen LogP contribution is 2.24. The topological polar surface area (TPSA) is 38.0 Å². The first kappa shape index (κ1) is 18.1. The van der Waals surface area contributed by atoms with Crippen molar-refractivity contribution >= 4 is 0 Å². The molecule has 0 aromatic heterocycles. The molecule has 4 heteroatoms. The quantitative estimate of drug-likeness (QED) is 0.365. The van der Waals surface area contributed by atoms with E-state index >= 15 is 0 Å². The summed E-state index contributed by atoms with van der Waals surface area (Å²) in [5.74, 6) is 4.50. The Kier molecular flexibility index (Phi) is 8.47. The minimum atomic E-state index is -0.524. The summed E-state index contributed by atoms with van der Waals surface area (Å²) in [5.41, 5.74) is 3.57. The van der Waals surface area contributed by atoms with Gasteiger partial charge in [0.25, 0.3) is 0 Å². The van der Waals surface area contributed by atoms with E-state index in [1.807, 2.05) is 0 Å². The fourth-order valence-electron chi connectivity index (χ4n) is 2.58. The molecule has 0 bridgehead atoms. The molecule has 0 amide bonds. The molecule has 21 heavy (non-hydrogen) atoms. The molecule has 0 aliphatic heterocycles. The summed E-state index contributed by atoms with van der Waals surface area (Å²) in [7, 11) is 0. The summed E-state index contributed by atoms with van der Waals surface area (Å²) in [4.78, 5) is 0. The van der Waals surface area contributed by atoms with Crippen molar-refractivity contribution in [2.24, 2.45) is 5.84 Å². The molecule has 1 aromatic rings. The molecule has 0 saturated heterocycles. The van der Waals surface area contributed by atoms with Gasteiger partial charge in [0.1, 0.15) is 11.6 Å². The van der Waals surface area contributed by atoms with Gasteiger partial charge in [0.05, 0.1) is 0 Å². The number of hydrazine groups is 1. The molecule has 0 radical (unpaired) electrons. The van der Waals surface area contributed by atoms with E-state index in [-0.39, 0.29) is 6.04 Å². The van der Waals surface area contributed by atoms with Crippen molar-refractivity contribution in [2.75, 3.05) is 0 Å². The highest BCUT2D eigenvalue weighted by molar-refractivity contribution is 5.28. The van der Waals surface area contributed by atoms with Crippen LogP contribution < -0.4 is 11.3 Å². The summed E-state index contributed by atoms with van der Waals surface area (Å²) in [6.45, 7) is 3.84. The number of hydrogen-bond donors (Lipinski definition) is 2. The van der Waals surface area contributed by atoms with Crippen LogP contribution in [0.1, 0.15) is 75.5 Å². The molecular weight excluding hydrogens is 270 g/mol. The van der Waals surface area contributed by atoms with Gasteiger partial charge in [-0.05, 0) is 25.0 Å². The van der Waals surface area contributed by atoms with Gasteiger partial charge in [0, 0.05) is 17.7 Å². The Bertz CT molecular complexity index is 421. The maximum absolute atomic E-state index is 13.8. The molecule has 0 aliphatic rings. The Morgan fingerprint density at radius 2 is 1.62 bits per heavy atom. The third-order valence-electron chi connectivity index (χ3n) is 3.95. The van der Waals surface area contributed by atoms with Crippen molar-refractivity contribution in [1.82, 2.24) is 5.43 Å². The van der Waals surface area contributed by atoms with E-state index < -0.39 is 11.6 Å². The van der Waals surface area contributed by atoms with Crippen LogP contribution in [0.15, 0.2) is 12.1 Å². The van der Waals surface area contributed by atoms with Crippen LogP contribution in [0.3, 0.4) is 0 Å². The van der Waals surface area contributed by atoms with Crippen molar-refractivity contribution in [1.29, 1.82) is 0 Å². The van der Waals surface area contributed by atoms with Crippen LogP contribution >= 0.6 is 0 Å². The molecule has 1 atom stereocenters. The lowest BCUT2D eigenvalue weighted by Crippen LogP contribution is -2.28. The lowest BCUT2D eigenvalue weighted by atomic mass is 9.98. The van der Waals surface area contributed by atoms with Crippen LogP contribution in [0, 0.1) is 18.6 Å². The maximum Gasteiger partial charge on any atom is 0.130 e. The molecule has 1 rings (SSSR count). The molecule has 0 saturated carbocycles. The molecule has 1 aromatic carbocycles. The first-order valence-corrected chi connectivity index (χ1v) is 8.01. The summed E-state index contributed by atoms with van der Waals surface area (Å²) >= 11 is 0. The van der Waals surface area contributed by atoms with Gasteiger partial charge in [-0.3, -0.25) is 11.3 Å². The number of nitrogens with two attached hydrogens (primary N) is 1. The highest BCUT2D eigenvalue weighted by atomic mass is 19.1. The van der Waals surface area contributed by atoms with Crippen molar-refractivity contribution in [3.8, 4) is 0 Å². The molecule has 120 valence electrons. The van der Waals surface area contributed by atoms with Gasteiger partial charge in [-0.2, -0.15) is 0 Å². The predicted octanol–water partition coefficient (Wildman–Crippen LogP) is 4.92. The van der Waals surface area contributed by atoms with Crippen LogP contribution in [-0.2, 0) is 0 Å². The summed E-state index contributed by atoms with van der Waals surface area (Å²) in [6.07, 6.45) is 9.21. The van der Waals surface area contributed by atoms with E-state index in [0.717, 1.165) is 25.3 Å². The molecule has 0 fully saturated rings. The van der Waals surface area contributed by atoms with Crippen LogP contribution in [0.4, 0.5) is 8.78 Å². The second kappa shape index (κ2) is 9.85. The fraction of sp³-hybridized carbons (Fsp3) is 0.647. The molecule has 2 nitrogen and oxygen atoms in total. The van der Waals surface area contributed by atoms with Crippen molar-refractivity contribution in [3.05, 3.63) is 34.9 Å². The van der Waals surface area contributed by atoms with Gasteiger partial charge in [0.2, 0.25) is 0 Å². The van der Waals surface area contributed by atoms with Gasteiger partial charge in [-0.1, -0.05) is 51.9 Å². The molecular formula is C17H28F2N2. The first-order chi connectivity index (χ1) is 10.1. The Labute approximate surface area is 127 Å². The minimum absolute atomic E-state index is 0.250. The zero-order valence-corrected chi connectivity index (χ0v) is 13.2. The maximum atomic E-state index is 13.8. The van der Waals surface area contributed by atoms with Gasteiger partial charge in [-0.25, -0.2) is 8.78 Å². The second-order valence-electron chi connectivity index (χ2n) is 5.75. The fourth-order valence-corrected chi connectivity index (χ4v) is 2.58. The number of benzene rings is 1. The van der Waals surface area contributed by atoms with E-state index in [4.69, 9.17) is 5.84 Å². The molecule has 0 aliphatic carbocycles. The van der Waals surface area contributed by atoms with E-state index in [1.54, 1.807) is 13.0 Å². The van der Waals surface area contributed by atoms with Crippen molar-refractivity contribution in [2.45, 2.75) is 71.3 Å². The highest BCUT2D eigenvalue weighted by Gasteiger charge is 2.16. The van der Waals surface area contributed by atoms with E-state index in [0.29, 0.717) is 11.1 Å². The van der Waals surface area contributed by atoms with Crippen LogP contribution in [0.25, 0.3) is 0 Å². The lowest BCUT2D eigenvalue weighted by Gasteiger charge is -2.18. The number of nitrogens with one attached hydrogen (secondary N) is 1. The van der Waals surface area contributed by atoms with E-state index in [9.17, 15) is 8.78 Å². The second-order valence-corrected chi connectivity index (χ2v) is 5.75. The van der Waals surface area contributed by atoms with Gasteiger partial charge in [-0.15, -0.1) is 0 Å². The van der Waals surface area contributed by atoms with Crippen molar-refractivity contribution in [3.63, 3.8) is 0 Å². The Morgan fingerprint density at radius 1 is 1.00 bits per heavy atom. The standard InChI is InChI=1S/C17H28F2N2/c1-3-4-5-6-7-8-9-10-17(21-20)14-11-13(2)15(18)12-16(14)19/h11-12,17,21H,3-10,20H2,1-2H3. The van der Waals surface area contributed by atoms with Gasteiger partial charge in [0.15, 0.2) is 0 Å². The summed E-state index contributed by atoms with van der Waals surface area (Å²) < 4.78 is 27.1. The van der Waals surface area contributed by atoms with E-state index in [1.165, 1.54) is 32.1 Å². The SMILES string of the molecule is CCCCCCCCCC(NN)c1cc(C)c(F)cc1F. The first-order valence-electron chi connectivity index (χ1n) is 8.01. The molecule has 0 heterocycles. The smallest absolute Gasteiger partial charge is 0.130 e. The number of aryl methyl sites for hydroxylation is 1.